The van der Waals surface area contributed by atoms with Crippen LogP contribution in [0, 0.1) is 13.8 Å². The molecule has 3 heterocycles. The lowest BCUT2D eigenvalue weighted by molar-refractivity contribution is 0.251. The van der Waals surface area contributed by atoms with Crippen LogP contribution in [0.25, 0.3) is 11.5 Å². The minimum absolute atomic E-state index is 0.263. The van der Waals surface area contributed by atoms with E-state index in [4.69, 9.17) is 0 Å². The quantitative estimate of drug-likeness (QED) is 0.781. The largest absolute Gasteiger partial charge is 0.295 e. The number of H-pyrrole nitrogens is 1. The number of hydrogen-bond donors (Lipinski definition) is 1. The molecule has 0 aliphatic carbocycles. The molecule has 3 aromatic heterocycles. The van der Waals surface area contributed by atoms with Gasteiger partial charge in [0.15, 0.2) is 5.82 Å². The molecule has 0 aromatic carbocycles. The SMILES string of the molecule is Cc1n[nH]c(C)c1C(C)N(C)Cc1cnc(-c2ccccn2)nc1. The van der Waals surface area contributed by atoms with E-state index in [1.807, 2.05) is 37.5 Å². The van der Waals surface area contributed by atoms with Gasteiger partial charge < -0.3 is 0 Å². The Kier molecular flexibility index (Phi) is 4.66. The molecule has 0 saturated carbocycles. The summed E-state index contributed by atoms with van der Waals surface area (Å²) < 4.78 is 0. The fourth-order valence-corrected chi connectivity index (χ4v) is 2.88. The van der Waals surface area contributed by atoms with E-state index in [0.717, 1.165) is 29.2 Å². The monoisotopic (exact) mass is 322 g/mol. The molecule has 0 aliphatic heterocycles. The van der Waals surface area contributed by atoms with Crippen molar-refractivity contribution in [3.8, 4) is 11.5 Å². The van der Waals surface area contributed by atoms with Crippen LogP contribution in [0.15, 0.2) is 36.8 Å². The lowest BCUT2D eigenvalue weighted by atomic mass is 10.1. The van der Waals surface area contributed by atoms with Gasteiger partial charge in [-0.3, -0.25) is 15.0 Å². The summed E-state index contributed by atoms with van der Waals surface area (Å²) in [6, 6.07) is 5.99. The van der Waals surface area contributed by atoms with E-state index in [-0.39, 0.29) is 6.04 Å². The van der Waals surface area contributed by atoms with Gasteiger partial charge in [-0.25, -0.2) is 9.97 Å². The lowest BCUT2D eigenvalue weighted by Crippen LogP contribution is -2.23. The molecule has 3 aromatic rings. The standard InChI is InChI=1S/C18H22N6/c1-12-17(13(2)23-22-12)14(3)24(4)11-15-9-20-18(21-10-15)16-7-5-6-8-19-16/h5-10,14H,11H2,1-4H3,(H,22,23). The van der Waals surface area contributed by atoms with Gasteiger partial charge in [0, 0.05) is 48.0 Å². The molecule has 1 atom stereocenters. The average molecular weight is 322 g/mol. The summed E-state index contributed by atoms with van der Waals surface area (Å²) >= 11 is 0. The zero-order chi connectivity index (χ0) is 17.1. The molecule has 0 radical (unpaired) electrons. The van der Waals surface area contributed by atoms with Gasteiger partial charge in [-0.15, -0.1) is 0 Å². The van der Waals surface area contributed by atoms with E-state index in [1.54, 1.807) is 6.20 Å². The Balaban J connectivity index is 1.72. The van der Waals surface area contributed by atoms with Gasteiger partial charge in [-0.05, 0) is 40.0 Å². The van der Waals surface area contributed by atoms with Gasteiger partial charge in [0.1, 0.15) is 5.69 Å². The third-order valence-corrected chi connectivity index (χ3v) is 4.30. The van der Waals surface area contributed by atoms with Crippen molar-refractivity contribution < 1.29 is 0 Å². The van der Waals surface area contributed by atoms with Crippen LogP contribution in [-0.4, -0.2) is 37.1 Å². The molecule has 1 unspecified atom stereocenters. The first-order valence-electron chi connectivity index (χ1n) is 8.00. The summed E-state index contributed by atoms with van der Waals surface area (Å²) in [5.74, 6) is 0.650. The summed E-state index contributed by atoms with van der Waals surface area (Å²) in [4.78, 5) is 15.4. The Hall–Kier alpha value is -2.60. The summed E-state index contributed by atoms with van der Waals surface area (Å²) in [6.45, 7) is 7.06. The average Bonchev–Trinajstić information content (AvgIpc) is 2.94. The molecule has 24 heavy (non-hydrogen) atoms. The maximum absolute atomic E-state index is 4.44. The van der Waals surface area contributed by atoms with E-state index in [1.165, 1.54) is 5.56 Å². The fourth-order valence-electron chi connectivity index (χ4n) is 2.88. The van der Waals surface area contributed by atoms with Gasteiger partial charge in [-0.1, -0.05) is 6.07 Å². The van der Waals surface area contributed by atoms with Gasteiger partial charge in [0.05, 0.1) is 5.69 Å². The molecule has 0 spiro atoms. The smallest absolute Gasteiger partial charge is 0.178 e. The van der Waals surface area contributed by atoms with Crippen LogP contribution in [0.4, 0.5) is 0 Å². The molecule has 3 rings (SSSR count). The number of hydrogen-bond acceptors (Lipinski definition) is 5. The van der Waals surface area contributed by atoms with Crippen molar-refractivity contribution in [3.05, 3.63) is 59.3 Å². The highest BCUT2D eigenvalue weighted by molar-refractivity contribution is 5.47. The summed E-state index contributed by atoms with van der Waals surface area (Å²) in [5, 5.41) is 7.34. The van der Waals surface area contributed by atoms with Gasteiger partial charge >= 0.3 is 0 Å². The minimum Gasteiger partial charge on any atom is -0.295 e. The predicted octanol–water partition coefficient (Wildman–Crippen LogP) is 3.07. The number of nitrogens with one attached hydrogen (secondary N) is 1. The predicted molar refractivity (Wildman–Crippen MR) is 93.2 cm³/mol. The number of aryl methyl sites for hydroxylation is 2. The topological polar surface area (TPSA) is 70.6 Å². The number of nitrogens with zero attached hydrogens (tertiary/aromatic N) is 5. The van der Waals surface area contributed by atoms with Gasteiger partial charge in [0.2, 0.25) is 0 Å². The van der Waals surface area contributed by atoms with E-state index >= 15 is 0 Å². The second kappa shape index (κ2) is 6.88. The Labute approximate surface area is 142 Å². The van der Waals surface area contributed by atoms with Crippen molar-refractivity contribution in [1.82, 2.24) is 30.0 Å². The van der Waals surface area contributed by atoms with E-state index in [9.17, 15) is 0 Å². The molecule has 6 heteroatoms. The molecule has 6 nitrogen and oxygen atoms in total. The van der Waals surface area contributed by atoms with Crippen LogP contribution < -0.4 is 0 Å². The Morgan fingerprint density at radius 3 is 2.46 bits per heavy atom. The molecule has 124 valence electrons. The summed E-state index contributed by atoms with van der Waals surface area (Å²) in [6.07, 6.45) is 5.49. The molecule has 0 fully saturated rings. The molecular weight excluding hydrogens is 300 g/mol. The molecule has 0 aliphatic rings. The number of pyridine rings is 1. The third-order valence-electron chi connectivity index (χ3n) is 4.30. The van der Waals surface area contributed by atoms with Crippen molar-refractivity contribution in [2.24, 2.45) is 0 Å². The Bertz CT molecular complexity index is 775. The lowest BCUT2D eigenvalue weighted by Gasteiger charge is -2.25. The molecule has 0 bridgehead atoms. The van der Waals surface area contributed by atoms with Crippen molar-refractivity contribution >= 4 is 0 Å². The summed E-state index contributed by atoms with van der Waals surface area (Å²) in [5.41, 5.74) is 5.28. The minimum atomic E-state index is 0.263. The molecular formula is C18H22N6. The van der Waals surface area contributed by atoms with Crippen molar-refractivity contribution in [2.75, 3.05) is 7.05 Å². The van der Waals surface area contributed by atoms with Crippen LogP contribution in [0.2, 0.25) is 0 Å². The number of aromatic amines is 1. The van der Waals surface area contributed by atoms with E-state index in [0.29, 0.717) is 5.82 Å². The second-order valence-corrected chi connectivity index (χ2v) is 6.07. The molecule has 1 N–H and O–H groups in total. The van der Waals surface area contributed by atoms with Crippen LogP contribution in [-0.2, 0) is 6.54 Å². The normalized spacial score (nSPS) is 12.5. The Morgan fingerprint density at radius 1 is 1.12 bits per heavy atom. The van der Waals surface area contributed by atoms with Crippen molar-refractivity contribution in [2.45, 2.75) is 33.4 Å². The van der Waals surface area contributed by atoms with Crippen LogP contribution in [0.3, 0.4) is 0 Å². The third kappa shape index (κ3) is 3.33. The van der Waals surface area contributed by atoms with Crippen LogP contribution >= 0.6 is 0 Å². The highest BCUT2D eigenvalue weighted by Gasteiger charge is 2.18. The first-order chi connectivity index (χ1) is 11.6. The highest BCUT2D eigenvalue weighted by atomic mass is 15.2. The van der Waals surface area contributed by atoms with Crippen LogP contribution in [0.1, 0.15) is 35.5 Å². The van der Waals surface area contributed by atoms with E-state index < -0.39 is 0 Å². The van der Waals surface area contributed by atoms with Crippen molar-refractivity contribution in [3.63, 3.8) is 0 Å². The zero-order valence-electron chi connectivity index (χ0n) is 14.5. The van der Waals surface area contributed by atoms with Gasteiger partial charge in [0.25, 0.3) is 0 Å². The zero-order valence-corrected chi connectivity index (χ0v) is 14.5. The maximum Gasteiger partial charge on any atom is 0.178 e. The summed E-state index contributed by atoms with van der Waals surface area (Å²) in [7, 11) is 2.10. The molecule has 0 saturated heterocycles. The second-order valence-electron chi connectivity index (χ2n) is 6.07. The number of rotatable bonds is 5. The highest BCUT2D eigenvalue weighted by Crippen LogP contribution is 2.25. The first kappa shape index (κ1) is 16.3. The maximum atomic E-state index is 4.44. The van der Waals surface area contributed by atoms with Crippen LogP contribution in [0.5, 0.6) is 0 Å². The van der Waals surface area contributed by atoms with Gasteiger partial charge in [-0.2, -0.15) is 5.10 Å². The van der Waals surface area contributed by atoms with E-state index in [2.05, 4.69) is 50.9 Å². The van der Waals surface area contributed by atoms with Crippen molar-refractivity contribution in [1.29, 1.82) is 0 Å². The fraction of sp³-hybridized carbons (Fsp3) is 0.333. The Morgan fingerprint density at radius 2 is 1.88 bits per heavy atom. The first-order valence-corrected chi connectivity index (χ1v) is 8.00. The number of aromatic nitrogens is 5. The molecule has 0 amide bonds.